The number of nitrogens with zero attached hydrogens (tertiary/aromatic N) is 4. The number of aromatic amines is 1. The van der Waals surface area contributed by atoms with Crippen molar-refractivity contribution in [3.63, 3.8) is 0 Å². The van der Waals surface area contributed by atoms with Crippen LogP contribution in [0.2, 0.25) is 0 Å². The van der Waals surface area contributed by atoms with Gasteiger partial charge in [0, 0.05) is 17.6 Å². The second-order valence-corrected chi connectivity index (χ2v) is 7.14. The van der Waals surface area contributed by atoms with Crippen LogP contribution in [0.25, 0.3) is 5.65 Å². The first kappa shape index (κ1) is 14.6. The monoisotopic (exact) mass is 337 g/mol. The summed E-state index contributed by atoms with van der Waals surface area (Å²) in [6.07, 6.45) is 3.19. The third-order valence-corrected chi connectivity index (χ3v) is 5.88. The summed E-state index contributed by atoms with van der Waals surface area (Å²) in [6.45, 7) is 0. The van der Waals surface area contributed by atoms with E-state index in [4.69, 9.17) is 5.26 Å². The molecule has 4 rings (SSSR count). The van der Waals surface area contributed by atoms with Crippen molar-refractivity contribution in [3.05, 3.63) is 22.2 Å². The summed E-state index contributed by atoms with van der Waals surface area (Å²) in [5, 5.41) is 13.2. The van der Waals surface area contributed by atoms with E-state index in [2.05, 4.69) is 15.1 Å². The first-order chi connectivity index (χ1) is 11.0. The van der Waals surface area contributed by atoms with Crippen LogP contribution in [-0.4, -0.2) is 31.3 Å². The van der Waals surface area contributed by atoms with Crippen molar-refractivity contribution < 1.29 is 8.78 Å². The summed E-state index contributed by atoms with van der Waals surface area (Å²) in [7, 11) is 0. The van der Waals surface area contributed by atoms with Crippen molar-refractivity contribution in [3.8, 4) is 6.07 Å². The van der Waals surface area contributed by atoms with E-state index in [0.717, 1.165) is 10.9 Å². The SMILES string of the molecule is N#Cc1cnn2c(=O)[nH]c(SCC3CCC4C(C3)C4(F)F)nc12. The third kappa shape index (κ3) is 2.32. The van der Waals surface area contributed by atoms with Gasteiger partial charge >= 0.3 is 5.69 Å². The van der Waals surface area contributed by atoms with Crippen LogP contribution < -0.4 is 5.69 Å². The van der Waals surface area contributed by atoms with Crippen molar-refractivity contribution in [2.24, 2.45) is 17.8 Å². The third-order valence-electron chi connectivity index (χ3n) is 4.77. The van der Waals surface area contributed by atoms with Gasteiger partial charge in [0.2, 0.25) is 0 Å². The number of nitrogens with one attached hydrogen (secondary N) is 1. The van der Waals surface area contributed by atoms with Crippen molar-refractivity contribution in [1.82, 2.24) is 19.6 Å². The lowest BCUT2D eigenvalue weighted by Crippen LogP contribution is -2.20. The van der Waals surface area contributed by atoms with E-state index in [1.165, 1.54) is 18.0 Å². The van der Waals surface area contributed by atoms with Gasteiger partial charge in [0.05, 0.1) is 6.20 Å². The lowest BCUT2D eigenvalue weighted by atomic mass is 9.91. The molecule has 1 N–H and O–H groups in total. The zero-order valence-corrected chi connectivity index (χ0v) is 12.8. The van der Waals surface area contributed by atoms with Crippen molar-refractivity contribution >= 4 is 17.4 Å². The Hall–Kier alpha value is -1.95. The molecule has 6 nitrogen and oxygen atoms in total. The average Bonchev–Trinajstić information content (AvgIpc) is 2.90. The Morgan fingerprint density at radius 1 is 1.48 bits per heavy atom. The summed E-state index contributed by atoms with van der Waals surface area (Å²) < 4.78 is 27.9. The Balaban J connectivity index is 1.48. The van der Waals surface area contributed by atoms with Gasteiger partial charge in [-0.1, -0.05) is 11.8 Å². The van der Waals surface area contributed by atoms with Gasteiger partial charge in [0.25, 0.3) is 5.92 Å². The van der Waals surface area contributed by atoms with Crippen LogP contribution in [0.1, 0.15) is 24.8 Å². The number of alkyl halides is 2. The van der Waals surface area contributed by atoms with Crippen LogP contribution in [0.5, 0.6) is 0 Å². The number of H-pyrrole nitrogens is 1. The van der Waals surface area contributed by atoms with Crippen molar-refractivity contribution in [2.45, 2.75) is 30.3 Å². The van der Waals surface area contributed by atoms with Crippen LogP contribution in [-0.2, 0) is 0 Å². The topological polar surface area (TPSA) is 86.8 Å². The smallest absolute Gasteiger partial charge is 0.285 e. The van der Waals surface area contributed by atoms with Gasteiger partial charge in [-0.15, -0.1) is 0 Å². The quantitative estimate of drug-likeness (QED) is 0.866. The van der Waals surface area contributed by atoms with Crippen LogP contribution in [0.15, 0.2) is 16.1 Å². The molecule has 0 aliphatic heterocycles. The highest BCUT2D eigenvalue weighted by Gasteiger charge is 2.68. The highest BCUT2D eigenvalue weighted by Crippen LogP contribution is 2.63. The lowest BCUT2D eigenvalue weighted by Gasteiger charge is -2.18. The predicted molar refractivity (Wildman–Crippen MR) is 78.3 cm³/mol. The Morgan fingerprint density at radius 2 is 2.30 bits per heavy atom. The highest BCUT2D eigenvalue weighted by molar-refractivity contribution is 7.99. The van der Waals surface area contributed by atoms with E-state index in [-0.39, 0.29) is 17.1 Å². The molecule has 0 radical (unpaired) electrons. The number of rotatable bonds is 3. The molecule has 0 spiro atoms. The van der Waals surface area contributed by atoms with E-state index < -0.39 is 23.4 Å². The molecule has 2 heterocycles. The molecule has 2 aliphatic carbocycles. The average molecular weight is 337 g/mol. The number of hydrogen-bond donors (Lipinski definition) is 1. The van der Waals surface area contributed by atoms with Gasteiger partial charge in [-0.05, 0) is 25.2 Å². The molecule has 9 heteroatoms. The molecular formula is C14H13F2N5OS. The minimum absolute atomic E-state index is 0.205. The zero-order chi connectivity index (χ0) is 16.2. The summed E-state index contributed by atoms with van der Waals surface area (Å²) in [5.41, 5.74) is -0.0105. The van der Waals surface area contributed by atoms with Crippen LogP contribution in [0.4, 0.5) is 8.78 Å². The van der Waals surface area contributed by atoms with E-state index >= 15 is 0 Å². The second kappa shape index (κ2) is 5.03. The number of fused-ring (bicyclic) bond motifs is 2. The van der Waals surface area contributed by atoms with E-state index in [1.807, 2.05) is 6.07 Å². The molecule has 0 aromatic carbocycles. The molecule has 2 aliphatic rings. The van der Waals surface area contributed by atoms with Crippen molar-refractivity contribution in [2.75, 3.05) is 5.75 Å². The molecule has 2 saturated carbocycles. The molecule has 3 unspecified atom stereocenters. The summed E-state index contributed by atoms with van der Waals surface area (Å²) in [4.78, 5) is 18.8. The number of hydrogen-bond acceptors (Lipinski definition) is 5. The van der Waals surface area contributed by atoms with Gasteiger partial charge in [0.15, 0.2) is 10.8 Å². The first-order valence-corrected chi connectivity index (χ1v) is 8.38. The largest absolute Gasteiger partial charge is 0.350 e. The standard InChI is InChI=1S/C14H13F2N5OS/c15-14(16)9-2-1-7(3-10(9)14)6-23-12-19-11-8(4-17)5-18-21(11)13(22)20-12/h5,7,9-10H,1-3,6H2,(H,19,20,22). The molecule has 23 heavy (non-hydrogen) atoms. The number of thioether (sulfide) groups is 1. The second-order valence-electron chi connectivity index (χ2n) is 6.13. The Bertz CT molecular complexity index is 870. The summed E-state index contributed by atoms with van der Waals surface area (Å²) >= 11 is 1.34. The number of halogens is 2. The molecule has 3 atom stereocenters. The van der Waals surface area contributed by atoms with Crippen LogP contribution in [0.3, 0.4) is 0 Å². The maximum absolute atomic E-state index is 13.4. The van der Waals surface area contributed by atoms with Crippen molar-refractivity contribution in [1.29, 1.82) is 5.26 Å². The molecule has 120 valence electrons. The van der Waals surface area contributed by atoms with E-state index in [0.29, 0.717) is 23.8 Å². The van der Waals surface area contributed by atoms with Gasteiger partial charge in [0.1, 0.15) is 11.6 Å². The highest BCUT2D eigenvalue weighted by atomic mass is 32.2. The Labute approximate surface area is 133 Å². The number of nitriles is 1. The molecule has 2 aromatic rings. The lowest BCUT2D eigenvalue weighted by molar-refractivity contribution is 0.0845. The van der Waals surface area contributed by atoms with Gasteiger partial charge in [-0.3, -0.25) is 4.98 Å². The van der Waals surface area contributed by atoms with Crippen LogP contribution in [0, 0.1) is 29.1 Å². The minimum Gasteiger partial charge on any atom is -0.285 e. The molecule has 0 saturated heterocycles. The van der Waals surface area contributed by atoms with Crippen LogP contribution >= 0.6 is 11.8 Å². The summed E-state index contributed by atoms with van der Waals surface area (Å²) in [6, 6.07) is 1.94. The van der Waals surface area contributed by atoms with Gasteiger partial charge in [-0.2, -0.15) is 14.9 Å². The Kier molecular flexibility index (Phi) is 3.20. The molecule has 0 amide bonds. The fraction of sp³-hybridized carbons (Fsp3) is 0.571. The molecule has 2 fully saturated rings. The normalized spacial score (nSPS) is 28.3. The van der Waals surface area contributed by atoms with E-state index in [9.17, 15) is 13.6 Å². The minimum atomic E-state index is -2.47. The van der Waals surface area contributed by atoms with E-state index in [1.54, 1.807) is 0 Å². The van der Waals surface area contributed by atoms with Gasteiger partial charge < -0.3 is 0 Å². The first-order valence-electron chi connectivity index (χ1n) is 7.39. The molecular weight excluding hydrogens is 324 g/mol. The maximum Gasteiger partial charge on any atom is 0.350 e. The maximum atomic E-state index is 13.4. The van der Waals surface area contributed by atoms with Gasteiger partial charge in [-0.25, -0.2) is 18.6 Å². The Morgan fingerprint density at radius 3 is 3.04 bits per heavy atom. The molecule has 2 aromatic heterocycles. The zero-order valence-electron chi connectivity index (χ0n) is 12.0. The summed E-state index contributed by atoms with van der Waals surface area (Å²) in [5.74, 6) is -2.51. The fourth-order valence-electron chi connectivity index (χ4n) is 3.43. The fourth-order valence-corrected chi connectivity index (χ4v) is 4.44. The molecule has 0 bridgehead atoms. The number of aromatic nitrogens is 4. The predicted octanol–water partition coefficient (Wildman–Crippen LogP) is 2.06.